The molecule has 0 spiro atoms. The molecule has 1 aromatic carbocycles. The third kappa shape index (κ3) is 3.47. The monoisotopic (exact) mass is 232 g/mol. The standard InChI is InChI=1S/C15H24N2/c1-11-3-4-12(2)15(9-11)17-10-13-5-7-14(16)8-6-13/h3-4,9,13-14,17H,5-8,10,16H2,1-2H3. The van der Waals surface area contributed by atoms with E-state index in [4.69, 9.17) is 5.73 Å². The zero-order valence-electron chi connectivity index (χ0n) is 11.0. The van der Waals surface area contributed by atoms with E-state index >= 15 is 0 Å². The lowest BCUT2D eigenvalue weighted by molar-refractivity contribution is 0.339. The van der Waals surface area contributed by atoms with Crippen LogP contribution in [0.15, 0.2) is 18.2 Å². The summed E-state index contributed by atoms with van der Waals surface area (Å²) in [6.45, 7) is 5.40. The number of aryl methyl sites for hydroxylation is 2. The van der Waals surface area contributed by atoms with Crippen molar-refractivity contribution in [1.82, 2.24) is 0 Å². The number of rotatable bonds is 3. The van der Waals surface area contributed by atoms with Gasteiger partial charge in [0.15, 0.2) is 0 Å². The minimum Gasteiger partial charge on any atom is -0.385 e. The van der Waals surface area contributed by atoms with Gasteiger partial charge in [0.1, 0.15) is 0 Å². The molecule has 0 saturated heterocycles. The Morgan fingerprint density at radius 3 is 2.59 bits per heavy atom. The number of hydrogen-bond donors (Lipinski definition) is 2. The molecule has 0 unspecified atom stereocenters. The summed E-state index contributed by atoms with van der Waals surface area (Å²) in [6.07, 6.45) is 4.94. The second-order valence-corrected chi connectivity index (χ2v) is 5.48. The molecule has 0 heterocycles. The van der Waals surface area contributed by atoms with Crippen LogP contribution in [0.25, 0.3) is 0 Å². The first-order valence-electron chi connectivity index (χ1n) is 6.72. The molecule has 0 aliphatic heterocycles. The highest BCUT2D eigenvalue weighted by molar-refractivity contribution is 5.52. The van der Waals surface area contributed by atoms with Gasteiger partial charge in [-0.25, -0.2) is 0 Å². The van der Waals surface area contributed by atoms with Crippen molar-refractivity contribution in [2.24, 2.45) is 11.7 Å². The fraction of sp³-hybridized carbons (Fsp3) is 0.600. The van der Waals surface area contributed by atoms with Crippen molar-refractivity contribution in [1.29, 1.82) is 0 Å². The first-order chi connectivity index (χ1) is 8.15. The minimum absolute atomic E-state index is 0.451. The van der Waals surface area contributed by atoms with Gasteiger partial charge in [0.25, 0.3) is 0 Å². The molecule has 0 amide bonds. The van der Waals surface area contributed by atoms with Crippen LogP contribution >= 0.6 is 0 Å². The average molecular weight is 232 g/mol. The Bertz CT molecular complexity index is 365. The second-order valence-electron chi connectivity index (χ2n) is 5.48. The largest absolute Gasteiger partial charge is 0.385 e. The van der Waals surface area contributed by atoms with Gasteiger partial charge < -0.3 is 11.1 Å². The van der Waals surface area contributed by atoms with Crippen molar-refractivity contribution in [3.05, 3.63) is 29.3 Å². The topological polar surface area (TPSA) is 38.0 Å². The van der Waals surface area contributed by atoms with Crippen LogP contribution in [0.1, 0.15) is 36.8 Å². The highest BCUT2D eigenvalue weighted by Gasteiger charge is 2.18. The van der Waals surface area contributed by atoms with Gasteiger partial charge in [-0.05, 0) is 62.6 Å². The first kappa shape index (κ1) is 12.4. The lowest BCUT2D eigenvalue weighted by atomic mass is 9.86. The Morgan fingerprint density at radius 2 is 1.88 bits per heavy atom. The van der Waals surface area contributed by atoms with Crippen molar-refractivity contribution < 1.29 is 0 Å². The molecule has 1 fully saturated rings. The summed E-state index contributed by atoms with van der Waals surface area (Å²) in [4.78, 5) is 0. The number of benzene rings is 1. The Labute approximate surface area is 105 Å². The highest BCUT2D eigenvalue weighted by atomic mass is 14.9. The lowest BCUT2D eigenvalue weighted by Crippen LogP contribution is -2.29. The Hall–Kier alpha value is -1.02. The summed E-state index contributed by atoms with van der Waals surface area (Å²) >= 11 is 0. The molecule has 2 nitrogen and oxygen atoms in total. The van der Waals surface area contributed by atoms with Crippen LogP contribution in [-0.4, -0.2) is 12.6 Å². The SMILES string of the molecule is Cc1ccc(C)c(NCC2CCC(N)CC2)c1. The summed E-state index contributed by atoms with van der Waals surface area (Å²) in [5, 5.41) is 3.60. The normalized spacial score (nSPS) is 24.6. The van der Waals surface area contributed by atoms with Gasteiger partial charge in [-0.1, -0.05) is 12.1 Å². The Balaban J connectivity index is 1.87. The van der Waals surface area contributed by atoms with Crippen LogP contribution in [0.3, 0.4) is 0 Å². The summed E-state index contributed by atoms with van der Waals surface area (Å²) in [7, 11) is 0. The van der Waals surface area contributed by atoms with Crippen molar-refractivity contribution >= 4 is 5.69 Å². The Morgan fingerprint density at radius 1 is 1.18 bits per heavy atom. The third-order valence-corrected chi connectivity index (χ3v) is 3.87. The molecule has 0 radical (unpaired) electrons. The summed E-state index contributed by atoms with van der Waals surface area (Å²) in [5.41, 5.74) is 9.88. The van der Waals surface area contributed by atoms with Gasteiger partial charge in [0, 0.05) is 18.3 Å². The van der Waals surface area contributed by atoms with Crippen LogP contribution in [0.2, 0.25) is 0 Å². The van der Waals surface area contributed by atoms with Crippen LogP contribution < -0.4 is 11.1 Å². The molecular formula is C15H24N2. The number of nitrogens with one attached hydrogen (secondary N) is 1. The number of hydrogen-bond acceptors (Lipinski definition) is 2. The van der Waals surface area contributed by atoms with Gasteiger partial charge in [-0.15, -0.1) is 0 Å². The molecule has 1 aromatic rings. The number of anilines is 1. The lowest BCUT2D eigenvalue weighted by Gasteiger charge is -2.26. The van der Waals surface area contributed by atoms with Crippen LogP contribution in [0.5, 0.6) is 0 Å². The van der Waals surface area contributed by atoms with E-state index in [0.29, 0.717) is 6.04 Å². The van der Waals surface area contributed by atoms with E-state index in [0.717, 1.165) is 12.5 Å². The van der Waals surface area contributed by atoms with Crippen LogP contribution in [0, 0.1) is 19.8 Å². The van der Waals surface area contributed by atoms with Crippen molar-refractivity contribution in [2.75, 3.05) is 11.9 Å². The molecule has 0 bridgehead atoms. The fourth-order valence-corrected chi connectivity index (χ4v) is 2.57. The fourth-order valence-electron chi connectivity index (χ4n) is 2.57. The zero-order chi connectivity index (χ0) is 12.3. The molecule has 2 rings (SSSR count). The summed E-state index contributed by atoms with van der Waals surface area (Å²) < 4.78 is 0. The third-order valence-electron chi connectivity index (χ3n) is 3.87. The smallest absolute Gasteiger partial charge is 0.0372 e. The molecule has 2 heteroatoms. The first-order valence-corrected chi connectivity index (χ1v) is 6.72. The van der Waals surface area contributed by atoms with Crippen LogP contribution in [0.4, 0.5) is 5.69 Å². The zero-order valence-corrected chi connectivity index (χ0v) is 11.0. The van der Waals surface area contributed by atoms with Gasteiger partial charge >= 0.3 is 0 Å². The molecule has 17 heavy (non-hydrogen) atoms. The van der Waals surface area contributed by atoms with E-state index in [2.05, 4.69) is 37.4 Å². The van der Waals surface area contributed by atoms with Crippen LogP contribution in [-0.2, 0) is 0 Å². The minimum atomic E-state index is 0.451. The van der Waals surface area contributed by atoms with E-state index in [1.165, 1.54) is 42.5 Å². The predicted molar refractivity (Wildman–Crippen MR) is 74.3 cm³/mol. The molecule has 1 saturated carbocycles. The van der Waals surface area contributed by atoms with E-state index in [1.807, 2.05) is 0 Å². The van der Waals surface area contributed by atoms with E-state index in [9.17, 15) is 0 Å². The Kier molecular flexibility index (Phi) is 4.06. The van der Waals surface area contributed by atoms with Gasteiger partial charge in [-0.3, -0.25) is 0 Å². The number of nitrogens with two attached hydrogens (primary N) is 1. The van der Waals surface area contributed by atoms with Crippen molar-refractivity contribution in [2.45, 2.75) is 45.6 Å². The van der Waals surface area contributed by atoms with E-state index in [1.54, 1.807) is 0 Å². The maximum absolute atomic E-state index is 5.93. The average Bonchev–Trinajstić information content (AvgIpc) is 2.32. The summed E-state index contributed by atoms with van der Waals surface area (Å²) in [6, 6.07) is 7.05. The van der Waals surface area contributed by atoms with Gasteiger partial charge in [0.2, 0.25) is 0 Å². The molecule has 0 aromatic heterocycles. The second kappa shape index (κ2) is 5.54. The summed E-state index contributed by atoms with van der Waals surface area (Å²) in [5.74, 6) is 0.801. The highest BCUT2D eigenvalue weighted by Crippen LogP contribution is 2.24. The van der Waals surface area contributed by atoms with Gasteiger partial charge in [0.05, 0.1) is 0 Å². The van der Waals surface area contributed by atoms with E-state index in [-0.39, 0.29) is 0 Å². The molecule has 1 aliphatic rings. The quantitative estimate of drug-likeness (QED) is 0.839. The maximum Gasteiger partial charge on any atom is 0.0372 e. The molecule has 0 atom stereocenters. The molecule has 3 N–H and O–H groups in total. The molecular weight excluding hydrogens is 208 g/mol. The van der Waals surface area contributed by atoms with Crippen molar-refractivity contribution in [3.63, 3.8) is 0 Å². The van der Waals surface area contributed by atoms with E-state index < -0.39 is 0 Å². The maximum atomic E-state index is 5.93. The molecule has 94 valence electrons. The molecule has 1 aliphatic carbocycles. The predicted octanol–water partition coefficient (Wildman–Crippen LogP) is 3.23. The van der Waals surface area contributed by atoms with Crippen molar-refractivity contribution in [3.8, 4) is 0 Å². The van der Waals surface area contributed by atoms with Gasteiger partial charge in [-0.2, -0.15) is 0 Å².